The van der Waals surface area contributed by atoms with Crippen LogP contribution in [0.1, 0.15) is 49.1 Å². The van der Waals surface area contributed by atoms with Crippen LogP contribution in [0, 0.1) is 5.92 Å². The number of nitrogens with one attached hydrogen (secondary N) is 2. The van der Waals surface area contributed by atoms with Gasteiger partial charge in [0.2, 0.25) is 11.7 Å². The lowest BCUT2D eigenvalue weighted by Crippen LogP contribution is -2.38. The molecule has 8 nitrogen and oxygen atoms in total. The predicted molar refractivity (Wildman–Crippen MR) is 134 cm³/mol. The molecule has 2 amide bonds. The lowest BCUT2D eigenvalue weighted by Gasteiger charge is -2.33. The first-order valence-electron chi connectivity index (χ1n) is 11.5. The van der Waals surface area contributed by atoms with Gasteiger partial charge in [-0.1, -0.05) is 11.6 Å². The third kappa shape index (κ3) is 4.96. The van der Waals surface area contributed by atoms with Crippen LogP contribution in [-0.2, 0) is 4.79 Å². The molecule has 4 heterocycles. The summed E-state index contributed by atoms with van der Waals surface area (Å²) >= 11 is 9.24. The van der Waals surface area contributed by atoms with E-state index in [-0.39, 0.29) is 23.3 Å². The molecule has 0 atom stereocenters. The fraction of sp³-hybridized carbons (Fsp3) is 0.417. The fourth-order valence-electron chi connectivity index (χ4n) is 4.89. The van der Waals surface area contributed by atoms with E-state index >= 15 is 0 Å². The van der Waals surface area contributed by atoms with Gasteiger partial charge in [-0.2, -0.15) is 0 Å². The van der Waals surface area contributed by atoms with E-state index < -0.39 is 5.91 Å². The summed E-state index contributed by atoms with van der Waals surface area (Å²) in [5.74, 6) is -0.442. The number of hydrogen-bond acceptors (Lipinski definition) is 6. The molecule has 0 aromatic carbocycles. The van der Waals surface area contributed by atoms with Crippen molar-refractivity contribution in [3.63, 3.8) is 0 Å². The van der Waals surface area contributed by atoms with Gasteiger partial charge in [-0.25, -0.2) is 9.97 Å². The third-order valence-electron chi connectivity index (χ3n) is 6.65. The molecule has 2 N–H and O–H groups in total. The zero-order valence-electron chi connectivity index (χ0n) is 18.5. The van der Waals surface area contributed by atoms with Crippen LogP contribution in [0.15, 0.2) is 39.5 Å². The molecule has 0 spiro atoms. The first-order chi connectivity index (χ1) is 16.5. The van der Waals surface area contributed by atoms with Gasteiger partial charge in [0.15, 0.2) is 5.58 Å². The molecular weight excluding hydrogens is 522 g/mol. The van der Waals surface area contributed by atoms with E-state index in [0.29, 0.717) is 32.6 Å². The van der Waals surface area contributed by atoms with Crippen molar-refractivity contribution in [3.8, 4) is 0 Å². The Hall–Kier alpha value is -2.49. The molecule has 178 valence electrons. The second kappa shape index (κ2) is 10.0. The molecule has 1 saturated heterocycles. The van der Waals surface area contributed by atoms with E-state index in [0.717, 1.165) is 25.7 Å². The lowest BCUT2D eigenvalue weighted by molar-refractivity contribution is -0.121. The average Bonchev–Trinajstić information content (AvgIpc) is 3.49. The van der Waals surface area contributed by atoms with Gasteiger partial charge in [0, 0.05) is 18.2 Å². The Balaban J connectivity index is 1.35. The van der Waals surface area contributed by atoms with Crippen LogP contribution in [0.3, 0.4) is 0 Å². The molecule has 1 aliphatic carbocycles. The number of carbonyl (C=O) groups is 2. The summed E-state index contributed by atoms with van der Waals surface area (Å²) in [5, 5.41) is 6.11. The number of fused-ring (bicyclic) bond motifs is 1. The van der Waals surface area contributed by atoms with E-state index in [1.54, 1.807) is 24.3 Å². The lowest BCUT2D eigenvalue weighted by atomic mass is 9.85. The zero-order chi connectivity index (χ0) is 23.7. The maximum absolute atomic E-state index is 13.2. The van der Waals surface area contributed by atoms with Crippen LogP contribution in [0.4, 0.5) is 11.5 Å². The first kappa shape index (κ1) is 23.3. The molecule has 0 unspecified atom stereocenters. The van der Waals surface area contributed by atoms with Crippen molar-refractivity contribution in [2.75, 3.05) is 23.7 Å². The number of hydrogen-bond donors (Lipinski definition) is 2. The van der Waals surface area contributed by atoms with E-state index in [2.05, 4.69) is 41.4 Å². The van der Waals surface area contributed by atoms with E-state index in [1.165, 1.54) is 32.1 Å². The van der Waals surface area contributed by atoms with Crippen LogP contribution in [0.25, 0.3) is 11.1 Å². The normalized spacial score (nSPS) is 21.0. The van der Waals surface area contributed by atoms with Crippen molar-refractivity contribution >= 4 is 62.0 Å². The molecular formula is C24H25BrClN5O3. The number of furan rings is 1. The van der Waals surface area contributed by atoms with E-state index in [4.69, 9.17) is 16.0 Å². The zero-order valence-corrected chi connectivity index (χ0v) is 20.9. The molecule has 2 fully saturated rings. The summed E-state index contributed by atoms with van der Waals surface area (Å²) in [6.45, 7) is 2.34. The highest BCUT2D eigenvalue weighted by molar-refractivity contribution is 9.10. The standard InChI is InChI=1S/C24H25BrClN5O3/c25-18-9-8-17-20(28-18)21(22(34-17)24(33)29-19-10-5-15(26)13-27-19)30-23(32)14-3-6-16(7-4-14)31-11-1-2-12-31/h5,8-10,13-14,16H,1-4,6-7,11-12H2,(H,30,32)(H,27,29,33)/t14-,16-. The highest BCUT2D eigenvalue weighted by Crippen LogP contribution is 2.34. The Bertz CT molecular complexity index is 1200. The molecule has 5 rings (SSSR count). The first-order valence-corrected chi connectivity index (χ1v) is 12.7. The van der Waals surface area contributed by atoms with Gasteiger partial charge in [-0.15, -0.1) is 0 Å². The van der Waals surface area contributed by atoms with Crippen LogP contribution < -0.4 is 10.6 Å². The minimum atomic E-state index is -0.531. The molecule has 1 saturated carbocycles. The minimum absolute atomic E-state index is 0.0172. The number of aromatic nitrogens is 2. The van der Waals surface area contributed by atoms with Gasteiger partial charge in [-0.3, -0.25) is 9.59 Å². The third-order valence-corrected chi connectivity index (χ3v) is 7.31. The van der Waals surface area contributed by atoms with Gasteiger partial charge >= 0.3 is 0 Å². The molecule has 3 aromatic heterocycles. The molecule has 0 bridgehead atoms. The van der Waals surface area contributed by atoms with Gasteiger partial charge in [0.25, 0.3) is 5.91 Å². The maximum Gasteiger partial charge on any atom is 0.294 e. The summed E-state index contributed by atoms with van der Waals surface area (Å²) in [7, 11) is 0. The molecule has 2 aliphatic rings. The number of halogens is 2. The molecule has 34 heavy (non-hydrogen) atoms. The summed E-state index contributed by atoms with van der Waals surface area (Å²) in [6, 6.07) is 7.23. The van der Waals surface area contributed by atoms with E-state index in [1.807, 2.05) is 0 Å². The van der Waals surface area contributed by atoms with Crippen molar-refractivity contribution in [2.24, 2.45) is 5.92 Å². The second-order valence-corrected chi connectivity index (χ2v) is 10.1. The number of nitrogens with zero attached hydrogens (tertiary/aromatic N) is 3. The highest BCUT2D eigenvalue weighted by atomic mass is 79.9. The van der Waals surface area contributed by atoms with Crippen LogP contribution in [0.5, 0.6) is 0 Å². The Labute approximate surface area is 210 Å². The number of amides is 2. The number of rotatable bonds is 5. The van der Waals surface area contributed by atoms with Crippen molar-refractivity contribution in [2.45, 2.75) is 44.6 Å². The Morgan fingerprint density at radius 1 is 1.06 bits per heavy atom. The van der Waals surface area contributed by atoms with Gasteiger partial charge < -0.3 is 20.0 Å². The molecule has 1 aliphatic heterocycles. The van der Waals surface area contributed by atoms with Gasteiger partial charge in [-0.05, 0) is 91.8 Å². The minimum Gasteiger partial charge on any atom is -0.447 e. The number of anilines is 2. The van der Waals surface area contributed by atoms with Gasteiger partial charge in [0.1, 0.15) is 21.6 Å². The maximum atomic E-state index is 13.2. The Kier molecular flexibility index (Phi) is 6.85. The largest absolute Gasteiger partial charge is 0.447 e. The number of carbonyl (C=O) groups excluding carboxylic acids is 2. The van der Waals surface area contributed by atoms with E-state index in [9.17, 15) is 9.59 Å². The molecule has 3 aromatic rings. The van der Waals surface area contributed by atoms with Gasteiger partial charge in [0.05, 0.1) is 5.02 Å². The SMILES string of the molecule is O=C(Nc1ccc(Cl)cn1)c1oc2ccc(Br)nc2c1NC(=O)[C@H]1CC[C@H](N2CCCC2)CC1. The summed E-state index contributed by atoms with van der Waals surface area (Å²) in [4.78, 5) is 37.4. The van der Waals surface area contributed by atoms with Crippen molar-refractivity contribution in [1.29, 1.82) is 0 Å². The van der Waals surface area contributed by atoms with Crippen LogP contribution >= 0.6 is 27.5 Å². The van der Waals surface area contributed by atoms with Crippen molar-refractivity contribution < 1.29 is 14.0 Å². The predicted octanol–water partition coefficient (Wildman–Crippen LogP) is 5.48. The van der Waals surface area contributed by atoms with Crippen LogP contribution in [0.2, 0.25) is 5.02 Å². The topological polar surface area (TPSA) is 100 Å². The number of pyridine rings is 2. The summed E-state index contributed by atoms with van der Waals surface area (Å²) < 4.78 is 6.39. The summed E-state index contributed by atoms with van der Waals surface area (Å²) in [6.07, 6.45) is 7.68. The Morgan fingerprint density at radius 2 is 1.82 bits per heavy atom. The average molecular weight is 547 g/mol. The molecule has 0 radical (unpaired) electrons. The highest BCUT2D eigenvalue weighted by Gasteiger charge is 2.32. The smallest absolute Gasteiger partial charge is 0.294 e. The Morgan fingerprint density at radius 3 is 2.53 bits per heavy atom. The fourth-order valence-corrected chi connectivity index (χ4v) is 5.31. The van der Waals surface area contributed by atoms with Crippen molar-refractivity contribution in [1.82, 2.24) is 14.9 Å². The number of likely N-dealkylation sites (tertiary alicyclic amines) is 1. The van der Waals surface area contributed by atoms with Crippen LogP contribution in [-0.4, -0.2) is 45.8 Å². The van der Waals surface area contributed by atoms with Crippen molar-refractivity contribution in [3.05, 3.63) is 45.8 Å². The monoisotopic (exact) mass is 545 g/mol. The quantitative estimate of drug-likeness (QED) is 0.411. The second-order valence-electron chi connectivity index (χ2n) is 8.84. The molecule has 10 heteroatoms. The summed E-state index contributed by atoms with van der Waals surface area (Å²) in [5.41, 5.74) is 1.10.